The predicted molar refractivity (Wildman–Crippen MR) is 75.8 cm³/mol. The summed E-state index contributed by atoms with van der Waals surface area (Å²) < 4.78 is 5.53. The highest BCUT2D eigenvalue weighted by Crippen LogP contribution is 2.28. The van der Waals surface area contributed by atoms with Crippen molar-refractivity contribution in [1.29, 1.82) is 0 Å². The monoisotopic (exact) mass is 254 g/mol. The van der Waals surface area contributed by atoms with Gasteiger partial charge in [0.1, 0.15) is 6.10 Å². The van der Waals surface area contributed by atoms with Crippen molar-refractivity contribution in [2.24, 2.45) is 0 Å². The molecule has 0 saturated carbocycles. The molecule has 2 nitrogen and oxygen atoms in total. The fourth-order valence-corrected chi connectivity index (χ4v) is 2.57. The van der Waals surface area contributed by atoms with Crippen molar-refractivity contribution in [1.82, 2.24) is 0 Å². The lowest BCUT2D eigenvalue weighted by atomic mass is 9.98. The Morgan fingerprint density at radius 1 is 0.947 bits per heavy atom. The normalized spacial score (nSPS) is 20.4. The molecule has 98 valence electrons. The average molecular weight is 254 g/mol. The number of hydrogen-bond acceptors (Lipinski definition) is 2. The molecule has 0 spiro atoms. The maximum absolute atomic E-state index is 10.3. The van der Waals surface area contributed by atoms with Gasteiger partial charge < -0.3 is 9.84 Å². The Bertz CT molecular complexity index is 513. The van der Waals surface area contributed by atoms with Gasteiger partial charge in [-0.15, -0.1) is 0 Å². The first-order valence-corrected chi connectivity index (χ1v) is 6.79. The molecule has 0 aromatic heterocycles. The average Bonchev–Trinajstić information content (AvgIpc) is 3.02. The van der Waals surface area contributed by atoms with Gasteiger partial charge >= 0.3 is 0 Å². The summed E-state index contributed by atoms with van der Waals surface area (Å²) in [6.07, 6.45) is 1.45. The molecule has 2 aromatic rings. The SMILES string of the molecule is O[C@H](c1ccc(-c2ccccc2)cc1)[C@@H]1CCCO1. The molecule has 1 saturated heterocycles. The van der Waals surface area contributed by atoms with E-state index in [2.05, 4.69) is 24.3 Å². The molecular formula is C17H18O2. The summed E-state index contributed by atoms with van der Waals surface area (Å²) in [6.45, 7) is 0.768. The van der Waals surface area contributed by atoms with Crippen LogP contribution in [0, 0.1) is 0 Å². The molecule has 2 aromatic carbocycles. The summed E-state index contributed by atoms with van der Waals surface area (Å²) in [4.78, 5) is 0. The molecule has 1 aliphatic rings. The summed E-state index contributed by atoms with van der Waals surface area (Å²) in [5.41, 5.74) is 3.30. The van der Waals surface area contributed by atoms with Crippen molar-refractivity contribution < 1.29 is 9.84 Å². The summed E-state index contributed by atoms with van der Waals surface area (Å²) in [6, 6.07) is 18.4. The fourth-order valence-electron chi connectivity index (χ4n) is 2.57. The summed E-state index contributed by atoms with van der Waals surface area (Å²) in [5, 5.41) is 10.3. The largest absolute Gasteiger partial charge is 0.386 e. The number of hydrogen-bond donors (Lipinski definition) is 1. The molecule has 1 fully saturated rings. The van der Waals surface area contributed by atoms with Crippen LogP contribution in [0.25, 0.3) is 11.1 Å². The van der Waals surface area contributed by atoms with Crippen LogP contribution in [0.1, 0.15) is 24.5 Å². The third kappa shape index (κ3) is 2.70. The molecular weight excluding hydrogens is 236 g/mol. The standard InChI is InChI=1S/C17H18O2/c18-17(16-7-4-12-19-16)15-10-8-14(9-11-15)13-5-2-1-3-6-13/h1-3,5-6,8-11,16-18H,4,7,12H2/t16-,17+/m0/s1. The highest BCUT2D eigenvalue weighted by Gasteiger charge is 2.25. The van der Waals surface area contributed by atoms with Crippen molar-refractivity contribution >= 4 is 0 Å². The molecule has 0 bridgehead atoms. The molecule has 0 amide bonds. The Kier molecular flexibility index (Phi) is 3.62. The first-order valence-electron chi connectivity index (χ1n) is 6.79. The van der Waals surface area contributed by atoms with Crippen LogP contribution in [0.4, 0.5) is 0 Å². The summed E-state index contributed by atoms with van der Waals surface area (Å²) >= 11 is 0. The lowest BCUT2D eigenvalue weighted by Crippen LogP contribution is -2.16. The zero-order chi connectivity index (χ0) is 13.1. The summed E-state index contributed by atoms with van der Waals surface area (Å²) in [7, 11) is 0. The topological polar surface area (TPSA) is 29.5 Å². The molecule has 0 unspecified atom stereocenters. The van der Waals surface area contributed by atoms with Crippen molar-refractivity contribution in [2.45, 2.75) is 25.0 Å². The van der Waals surface area contributed by atoms with Gasteiger partial charge in [0.05, 0.1) is 6.10 Å². The molecule has 3 rings (SSSR count). The van der Waals surface area contributed by atoms with E-state index in [-0.39, 0.29) is 6.10 Å². The van der Waals surface area contributed by atoms with E-state index in [1.807, 2.05) is 30.3 Å². The van der Waals surface area contributed by atoms with E-state index in [1.165, 1.54) is 11.1 Å². The molecule has 0 radical (unpaired) electrons. The molecule has 1 heterocycles. The quantitative estimate of drug-likeness (QED) is 0.907. The minimum atomic E-state index is -0.507. The third-order valence-electron chi connectivity index (χ3n) is 3.68. The molecule has 2 heteroatoms. The van der Waals surface area contributed by atoms with Gasteiger partial charge in [-0.3, -0.25) is 0 Å². The second kappa shape index (κ2) is 5.55. The van der Waals surface area contributed by atoms with Crippen LogP contribution in [0.2, 0.25) is 0 Å². The van der Waals surface area contributed by atoms with Gasteiger partial charge in [-0.2, -0.15) is 0 Å². The van der Waals surface area contributed by atoms with Gasteiger partial charge in [0, 0.05) is 6.61 Å². The van der Waals surface area contributed by atoms with Gasteiger partial charge in [-0.1, -0.05) is 54.6 Å². The Morgan fingerprint density at radius 2 is 1.63 bits per heavy atom. The van der Waals surface area contributed by atoms with E-state index in [1.54, 1.807) is 0 Å². The van der Waals surface area contributed by atoms with Crippen molar-refractivity contribution in [3.05, 3.63) is 60.2 Å². The third-order valence-corrected chi connectivity index (χ3v) is 3.68. The minimum absolute atomic E-state index is 0.0393. The van der Waals surface area contributed by atoms with Crippen LogP contribution in [-0.4, -0.2) is 17.8 Å². The molecule has 1 N–H and O–H groups in total. The Hall–Kier alpha value is -1.64. The van der Waals surface area contributed by atoms with Crippen LogP contribution < -0.4 is 0 Å². The molecule has 2 atom stereocenters. The smallest absolute Gasteiger partial charge is 0.105 e. The first kappa shape index (κ1) is 12.4. The van der Waals surface area contributed by atoms with Gasteiger partial charge in [0.15, 0.2) is 0 Å². The lowest BCUT2D eigenvalue weighted by molar-refractivity contribution is -0.00257. The highest BCUT2D eigenvalue weighted by atomic mass is 16.5. The predicted octanol–water partition coefficient (Wildman–Crippen LogP) is 3.57. The lowest BCUT2D eigenvalue weighted by Gasteiger charge is -2.18. The van der Waals surface area contributed by atoms with E-state index in [4.69, 9.17) is 4.74 Å². The van der Waals surface area contributed by atoms with E-state index in [9.17, 15) is 5.11 Å². The van der Waals surface area contributed by atoms with E-state index >= 15 is 0 Å². The van der Waals surface area contributed by atoms with Gasteiger partial charge in [-0.25, -0.2) is 0 Å². The second-order valence-electron chi connectivity index (χ2n) is 4.98. The van der Waals surface area contributed by atoms with E-state index < -0.39 is 6.10 Å². The number of rotatable bonds is 3. The zero-order valence-electron chi connectivity index (χ0n) is 10.8. The van der Waals surface area contributed by atoms with Crippen LogP contribution in [-0.2, 0) is 4.74 Å². The van der Waals surface area contributed by atoms with Gasteiger partial charge in [0.2, 0.25) is 0 Å². The Balaban J connectivity index is 1.79. The Labute approximate surface area is 113 Å². The number of aliphatic hydroxyl groups excluding tert-OH is 1. The zero-order valence-corrected chi connectivity index (χ0v) is 10.8. The molecule has 0 aliphatic carbocycles. The highest BCUT2D eigenvalue weighted by molar-refractivity contribution is 5.63. The van der Waals surface area contributed by atoms with Crippen molar-refractivity contribution in [3.63, 3.8) is 0 Å². The fraction of sp³-hybridized carbons (Fsp3) is 0.294. The second-order valence-corrected chi connectivity index (χ2v) is 4.98. The number of aliphatic hydroxyl groups is 1. The van der Waals surface area contributed by atoms with Crippen molar-refractivity contribution in [3.8, 4) is 11.1 Å². The van der Waals surface area contributed by atoms with Crippen LogP contribution >= 0.6 is 0 Å². The maximum Gasteiger partial charge on any atom is 0.105 e. The first-order chi connectivity index (χ1) is 9.34. The molecule has 1 aliphatic heterocycles. The summed E-state index contributed by atoms with van der Waals surface area (Å²) in [5.74, 6) is 0. The van der Waals surface area contributed by atoms with Crippen LogP contribution in [0.3, 0.4) is 0 Å². The molecule has 19 heavy (non-hydrogen) atoms. The number of ether oxygens (including phenoxy) is 1. The minimum Gasteiger partial charge on any atom is -0.386 e. The van der Waals surface area contributed by atoms with Gasteiger partial charge in [-0.05, 0) is 29.5 Å². The Morgan fingerprint density at radius 3 is 2.26 bits per heavy atom. The van der Waals surface area contributed by atoms with Crippen LogP contribution in [0.5, 0.6) is 0 Å². The van der Waals surface area contributed by atoms with Gasteiger partial charge in [0.25, 0.3) is 0 Å². The van der Waals surface area contributed by atoms with Crippen molar-refractivity contribution in [2.75, 3.05) is 6.61 Å². The maximum atomic E-state index is 10.3. The van der Waals surface area contributed by atoms with E-state index in [0.29, 0.717) is 0 Å². The van der Waals surface area contributed by atoms with E-state index in [0.717, 1.165) is 25.0 Å². The number of benzene rings is 2. The van der Waals surface area contributed by atoms with Crippen LogP contribution in [0.15, 0.2) is 54.6 Å².